The van der Waals surface area contributed by atoms with Crippen molar-refractivity contribution in [3.05, 3.63) is 28.5 Å². The summed E-state index contributed by atoms with van der Waals surface area (Å²) in [5, 5.41) is 5.73. The molecule has 1 unspecified atom stereocenters. The summed E-state index contributed by atoms with van der Waals surface area (Å²) >= 11 is 3.19. The van der Waals surface area contributed by atoms with Gasteiger partial charge in [0.2, 0.25) is 5.91 Å². The minimum Gasteiger partial charge on any atom is -0.372 e. The van der Waals surface area contributed by atoms with Crippen molar-refractivity contribution in [2.24, 2.45) is 0 Å². The Labute approximate surface area is 108 Å². The molecule has 17 heavy (non-hydrogen) atoms. The molecule has 0 saturated heterocycles. The van der Waals surface area contributed by atoms with Crippen molar-refractivity contribution in [3.8, 4) is 0 Å². The third kappa shape index (κ3) is 3.43. The van der Waals surface area contributed by atoms with Crippen LogP contribution in [0.1, 0.15) is 19.8 Å². The van der Waals surface area contributed by atoms with Crippen LogP contribution < -0.4 is 10.6 Å². The number of hydrogen-bond acceptors (Lipinski definition) is 2. The number of benzene rings is 1. The Hall–Kier alpha value is -1.10. The van der Waals surface area contributed by atoms with Gasteiger partial charge in [-0.05, 0) is 38.0 Å². The van der Waals surface area contributed by atoms with Crippen LogP contribution in [-0.2, 0) is 4.79 Å². The van der Waals surface area contributed by atoms with Crippen LogP contribution in [0.15, 0.2) is 22.7 Å². The lowest BCUT2D eigenvalue weighted by atomic mass is 10.2. The molecule has 0 heterocycles. The van der Waals surface area contributed by atoms with Crippen LogP contribution in [0, 0.1) is 5.82 Å². The topological polar surface area (TPSA) is 41.1 Å². The summed E-state index contributed by atoms with van der Waals surface area (Å²) < 4.78 is 14.2. The van der Waals surface area contributed by atoms with Gasteiger partial charge in [-0.15, -0.1) is 0 Å². The Morgan fingerprint density at radius 1 is 1.53 bits per heavy atom. The number of nitrogens with one attached hydrogen (secondary N) is 2. The van der Waals surface area contributed by atoms with Crippen LogP contribution in [0.5, 0.6) is 0 Å². The first kappa shape index (κ1) is 12.4. The summed E-state index contributed by atoms with van der Waals surface area (Å²) in [7, 11) is 0. The van der Waals surface area contributed by atoms with E-state index < -0.39 is 6.04 Å². The highest BCUT2D eigenvalue weighted by molar-refractivity contribution is 9.10. The van der Waals surface area contributed by atoms with Gasteiger partial charge in [0.05, 0.1) is 5.69 Å². The van der Waals surface area contributed by atoms with E-state index in [2.05, 4.69) is 26.6 Å². The molecule has 1 fully saturated rings. The zero-order valence-electron chi connectivity index (χ0n) is 9.47. The lowest BCUT2D eigenvalue weighted by molar-refractivity contribution is -0.121. The maximum atomic E-state index is 13.5. The van der Waals surface area contributed by atoms with Crippen LogP contribution in [0.4, 0.5) is 10.1 Å². The van der Waals surface area contributed by atoms with Crippen LogP contribution >= 0.6 is 15.9 Å². The van der Waals surface area contributed by atoms with Crippen molar-refractivity contribution < 1.29 is 9.18 Å². The maximum absolute atomic E-state index is 13.5. The minimum atomic E-state index is -0.439. The zero-order valence-corrected chi connectivity index (χ0v) is 11.1. The van der Waals surface area contributed by atoms with Crippen molar-refractivity contribution in [2.45, 2.75) is 31.8 Å². The van der Waals surface area contributed by atoms with Crippen LogP contribution in [0.2, 0.25) is 0 Å². The second-order valence-electron chi connectivity index (χ2n) is 4.27. The second-order valence-corrected chi connectivity index (χ2v) is 5.19. The number of hydrogen-bond donors (Lipinski definition) is 2. The fourth-order valence-corrected chi connectivity index (χ4v) is 1.79. The average Bonchev–Trinajstić information content (AvgIpc) is 3.06. The zero-order chi connectivity index (χ0) is 12.4. The Kier molecular flexibility index (Phi) is 3.66. The van der Waals surface area contributed by atoms with E-state index in [1.54, 1.807) is 19.1 Å². The molecule has 1 aliphatic rings. The predicted molar refractivity (Wildman–Crippen MR) is 68.3 cm³/mol. The SMILES string of the molecule is CC(Nc1ccc(Br)cc1F)C(=O)NC1CC1. The first-order chi connectivity index (χ1) is 8.06. The molecule has 5 heteroatoms. The summed E-state index contributed by atoms with van der Waals surface area (Å²) in [5.41, 5.74) is 0.339. The van der Waals surface area contributed by atoms with Crippen LogP contribution in [0.25, 0.3) is 0 Å². The van der Waals surface area contributed by atoms with Gasteiger partial charge in [0.15, 0.2) is 0 Å². The Balaban J connectivity index is 1.96. The van der Waals surface area contributed by atoms with Crippen molar-refractivity contribution in [1.82, 2.24) is 5.32 Å². The molecule has 1 saturated carbocycles. The van der Waals surface area contributed by atoms with Gasteiger partial charge < -0.3 is 10.6 Å². The molecule has 0 aromatic heterocycles. The van der Waals surface area contributed by atoms with Crippen molar-refractivity contribution in [1.29, 1.82) is 0 Å². The maximum Gasteiger partial charge on any atom is 0.242 e. The minimum absolute atomic E-state index is 0.0881. The number of rotatable bonds is 4. The van der Waals surface area contributed by atoms with E-state index in [0.717, 1.165) is 12.8 Å². The highest BCUT2D eigenvalue weighted by Gasteiger charge is 2.25. The van der Waals surface area contributed by atoms with Crippen LogP contribution in [-0.4, -0.2) is 18.0 Å². The molecule has 2 rings (SSSR count). The summed E-state index contributed by atoms with van der Waals surface area (Å²) in [4.78, 5) is 11.7. The summed E-state index contributed by atoms with van der Waals surface area (Å²) in [6.07, 6.45) is 2.09. The van der Waals surface area contributed by atoms with Crippen LogP contribution in [0.3, 0.4) is 0 Å². The fraction of sp³-hybridized carbons (Fsp3) is 0.417. The standard InChI is InChI=1S/C12H14BrFN2O/c1-7(12(17)16-9-3-4-9)15-11-5-2-8(13)6-10(11)14/h2,5-7,9,15H,3-4H2,1H3,(H,16,17). The monoisotopic (exact) mass is 300 g/mol. The van der Waals surface area contributed by atoms with E-state index >= 15 is 0 Å². The Bertz CT molecular complexity index is 435. The second kappa shape index (κ2) is 5.04. The van der Waals surface area contributed by atoms with Gasteiger partial charge in [0, 0.05) is 10.5 Å². The third-order valence-corrected chi connectivity index (χ3v) is 3.11. The lowest BCUT2D eigenvalue weighted by Crippen LogP contribution is -2.38. The summed E-state index contributed by atoms with van der Waals surface area (Å²) in [6, 6.07) is 4.60. The van der Waals surface area contributed by atoms with Gasteiger partial charge in [0.1, 0.15) is 11.9 Å². The molecule has 0 spiro atoms. The van der Waals surface area contributed by atoms with E-state index in [4.69, 9.17) is 0 Å². The molecule has 1 aliphatic carbocycles. The Morgan fingerprint density at radius 3 is 2.82 bits per heavy atom. The number of carbonyl (C=O) groups excluding carboxylic acids is 1. The molecule has 1 aromatic carbocycles. The molecule has 2 N–H and O–H groups in total. The number of amides is 1. The predicted octanol–water partition coefficient (Wildman–Crippen LogP) is 2.67. The van der Waals surface area contributed by atoms with Gasteiger partial charge in [-0.25, -0.2) is 4.39 Å². The van der Waals surface area contributed by atoms with E-state index in [1.165, 1.54) is 6.07 Å². The number of anilines is 1. The van der Waals surface area contributed by atoms with Crippen molar-refractivity contribution >= 4 is 27.5 Å². The van der Waals surface area contributed by atoms with Gasteiger partial charge in [-0.1, -0.05) is 15.9 Å². The molecule has 1 amide bonds. The quantitative estimate of drug-likeness (QED) is 0.897. The number of carbonyl (C=O) groups is 1. The average molecular weight is 301 g/mol. The molecule has 1 aromatic rings. The molecule has 3 nitrogen and oxygen atoms in total. The van der Waals surface area contributed by atoms with E-state index in [-0.39, 0.29) is 11.7 Å². The van der Waals surface area contributed by atoms with Gasteiger partial charge in [0.25, 0.3) is 0 Å². The first-order valence-corrected chi connectivity index (χ1v) is 6.37. The summed E-state index contributed by atoms with van der Waals surface area (Å²) in [5.74, 6) is -0.458. The molecule has 92 valence electrons. The molecule has 0 radical (unpaired) electrons. The largest absolute Gasteiger partial charge is 0.372 e. The van der Waals surface area contributed by atoms with E-state index in [0.29, 0.717) is 16.2 Å². The lowest BCUT2D eigenvalue weighted by Gasteiger charge is -2.15. The molecule has 0 bridgehead atoms. The smallest absolute Gasteiger partial charge is 0.242 e. The van der Waals surface area contributed by atoms with Gasteiger partial charge >= 0.3 is 0 Å². The highest BCUT2D eigenvalue weighted by Crippen LogP contribution is 2.21. The van der Waals surface area contributed by atoms with Gasteiger partial charge in [-0.3, -0.25) is 4.79 Å². The summed E-state index contributed by atoms with van der Waals surface area (Å²) in [6.45, 7) is 1.72. The normalized spacial score (nSPS) is 16.4. The fourth-order valence-electron chi connectivity index (χ4n) is 1.46. The third-order valence-electron chi connectivity index (χ3n) is 2.62. The molecule has 0 aliphatic heterocycles. The van der Waals surface area contributed by atoms with Crippen molar-refractivity contribution in [3.63, 3.8) is 0 Å². The highest BCUT2D eigenvalue weighted by atomic mass is 79.9. The van der Waals surface area contributed by atoms with E-state index in [1.807, 2.05) is 0 Å². The molecular formula is C12H14BrFN2O. The number of halogens is 2. The van der Waals surface area contributed by atoms with Gasteiger partial charge in [-0.2, -0.15) is 0 Å². The Morgan fingerprint density at radius 2 is 2.24 bits per heavy atom. The van der Waals surface area contributed by atoms with Crippen molar-refractivity contribution in [2.75, 3.05) is 5.32 Å². The molecular weight excluding hydrogens is 287 g/mol. The molecule has 1 atom stereocenters. The van der Waals surface area contributed by atoms with E-state index in [9.17, 15) is 9.18 Å². The first-order valence-electron chi connectivity index (χ1n) is 5.58.